The molecule has 5 atom stereocenters. The fourth-order valence-electron chi connectivity index (χ4n) is 9.77. The Morgan fingerprint density at radius 1 is 0.684 bits per heavy atom. The molecule has 2 bridgehead atoms. The number of quaternary nitrogens is 1. The summed E-state index contributed by atoms with van der Waals surface area (Å²) in [6.07, 6.45) is 5.64. The highest BCUT2D eigenvalue weighted by Crippen LogP contribution is 2.49. The molecule has 1 aromatic heterocycles. The molecule has 3 saturated heterocycles. The van der Waals surface area contributed by atoms with Crippen LogP contribution in [0.4, 0.5) is 0 Å². The molecule has 0 radical (unpaired) electrons. The van der Waals surface area contributed by atoms with Crippen molar-refractivity contribution in [3.05, 3.63) is 137 Å². The van der Waals surface area contributed by atoms with Crippen molar-refractivity contribution < 1.29 is 9.59 Å². The van der Waals surface area contributed by atoms with Crippen molar-refractivity contribution in [3.63, 3.8) is 0 Å². The Hall–Kier alpha value is -4.05. The van der Waals surface area contributed by atoms with Gasteiger partial charge >= 0.3 is 0 Å². The van der Waals surface area contributed by atoms with Crippen LogP contribution in [-0.2, 0) is 28.2 Å². The molecule has 0 spiro atoms. The van der Waals surface area contributed by atoms with E-state index in [-0.39, 0.29) is 27.7 Å². The summed E-state index contributed by atoms with van der Waals surface area (Å²) in [4.78, 5) is 4.66. The van der Waals surface area contributed by atoms with Crippen molar-refractivity contribution in [1.29, 1.82) is 0 Å². The molecule has 8 rings (SSSR count). The predicted octanol–water partition coefficient (Wildman–Crippen LogP) is 13.4. The lowest BCUT2D eigenvalue weighted by Gasteiger charge is -2.58. The van der Waals surface area contributed by atoms with E-state index in [0.717, 1.165) is 53.4 Å². The Bertz CT molecular complexity index is 2120. The average molecular weight is 762 g/mol. The van der Waals surface area contributed by atoms with Crippen molar-refractivity contribution in [2.24, 2.45) is 11.8 Å². The van der Waals surface area contributed by atoms with E-state index in [1.165, 1.54) is 50.1 Å². The van der Waals surface area contributed by atoms with Crippen LogP contribution >= 0.6 is 0 Å². The van der Waals surface area contributed by atoms with Crippen molar-refractivity contribution in [1.82, 2.24) is 4.98 Å². The van der Waals surface area contributed by atoms with E-state index in [2.05, 4.69) is 180 Å². The number of hydrogen-bond acceptors (Lipinski definition) is 2. The molecule has 1 N–H and O–H groups in total. The standard InChI is InChI=1S/C54H69N2O/c1-14-36-34-56(22-20-37(36)30-49(56)50(57)47-19-21-55-48-18-16-15-17-46(47)48)33-35-23-38(40-26-42(51(2,3)4)31-43(27-40)52(5,6)7)25-39(24-35)41-28-44(53(8,9)10)32-45(29-41)54(11,12)13/h14-19,21,23-29,31-32,36-37,49-50,57H,1,20,22,30,33-34H2,2-13H3/q+1/t36-,37-,49+,50-,56?/m0/s1. The monoisotopic (exact) mass is 762 g/mol. The maximum absolute atomic E-state index is 12.6. The number of aliphatic hydroxyl groups is 1. The van der Waals surface area contributed by atoms with Crippen molar-refractivity contribution in [3.8, 4) is 22.3 Å². The van der Waals surface area contributed by atoms with Crippen molar-refractivity contribution >= 4 is 10.9 Å². The van der Waals surface area contributed by atoms with Gasteiger partial charge in [0, 0.05) is 35.9 Å². The van der Waals surface area contributed by atoms with Crippen LogP contribution in [0.2, 0.25) is 0 Å². The highest BCUT2D eigenvalue weighted by Gasteiger charge is 2.54. The summed E-state index contributed by atoms with van der Waals surface area (Å²) in [6, 6.07) is 32.5. The maximum atomic E-state index is 12.6. The molecule has 3 aliphatic rings. The van der Waals surface area contributed by atoms with Crippen LogP contribution in [-0.4, -0.2) is 33.7 Å². The van der Waals surface area contributed by atoms with Gasteiger partial charge in [0.05, 0.1) is 18.6 Å². The number of aromatic nitrogens is 1. The van der Waals surface area contributed by atoms with E-state index in [9.17, 15) is 5.11 Å². The first kappa shape index (κ1) is 41.1. The lowest BCUT2D eigenvalue weighted by molar-refractivity contribution is -0.984. The molecule has 0 saturated carbocycles. The molecule has 0 amide bonds. The van der Waals surface area contributed by atoms with Crippen molar-refractivity contribution in [2.45, 2.75) is 136 Å². The molecular weight excluding hydrogens is 693 g/mol. The summed E-state index contributed by atoms with van der Waals surface area (Å²) >= 11 is 0. The zero-order chi connectivity index (χ0) is 41.3. The summed E-state index contributed by atoms with van der Waals surface area (Å²) < 4.78 is 0.860. The number of rotatable bonds is 7. The zero-order valence-electron chi connectivity index (χ0n) is 37.1. The lowest BCUT2D eigenvalue weighted by Crippen LogP contribution is -2.67. The van der Waals surface area contributed by atoms with E-state index in [4.69, 9.17) is 0 Å². The Labute approximate surface area is 344 Å². The SMILES string of the molecule is C=C[C@H]1C[N+]2(Cc3cc(-c4cc(C(C)(C)C)cc(C(C)(C)C)c4)cc(-c4cc(C(C)(C)C)cc(C(C)(C)C)c4)c3)CC[C@H]1C[C@@H]2[C@@H](O)c1ccnc2ccccc12. The largest absolute Gasteiger partial charge is 0.382 e. The molecule has 4 aromatic carbocycles. The van der Waals surface area contributed by atoms with Gasteiger partial charge < -0.3 is 9.59 Å². The second kappa shape index (κ2) is 14.6. The summed E-state index contributed by atoms with van der Waals surface area (Å²) in [7, 11) is 0. The minimum atomic E-state index is -0.593. The molecule has 3 fully saturated rings. The number of aliphatic hydroxyl groups excluding tert-OH is 1. The van der Waals surface area contributed by atoms with Gasteiger partial charge in [0.15, 0.2) is 0 Å². The van der Waals surface area contributed by atoms with Gasteiger partial charge in [0.1, 0.15) is 18.7 Å². The number of benzene rings is 4. The van der Waals surface area contributed by atoms with E-state index in [0.29, 0.717) is 11.8 Å². The third kappa shape index (κ3) is 8.30. The Balaban J connectivity index is 1.44. The molecule has 3 heteroatoms. The Morgan fingerprint density at radius 2 is 1.18 bits per heavy atom. The fraction of sp³-hybridized carbons (Fsp3) is 0.463. The van der Waals surface area contributed by atoms with Gasteiger partial charge in [-0.25, -0.2) is 0 Å². The van der Waals surface area contributed by atoms with Crippen LogP contribution < -0.4 is 0 Å². The van der Waals surface area contributed by atoms with Crippen LogP contribution in [0.1, 0.15) is 135 Å². The third-order valence-electron chi connectivity index (χ3n) is 13.5. The van der Waals surface area contributed by atoms with Gasteiger partial charge in [0.2, 0.25) is 0 Å². The maximum Gasteiger partial charge on any atom is 0.131 e. The first-order valence-corrected chi connectivity index (χ1v) is 21.5. The minimum Gasteiger partial charge on any atom is -0.382 e. The first-order valence-electron chi connectivity index (χ1n) is 21.5. The molecular formula is C54H69N2O+. The molecule has 300 valence electrons. The third-order valence-corrected chi connectivity index (χ3v) is 13.5. The quantitative estimate of drug-likeness (QED) is 0.132. The summed E-state index contributed by atoms with van der Waals surface area (Å²) in [5.41, 5.74) is 13.9. The molecule has 3 nitrogen and oxygen atoms in total. The van der Waals surface area contributed by atoms with Crippen LogP contribution in [0.3, 0.4) is 0 Å². The van der Waals surface area contributed by atoms with E-state index < -0.39 is 6.10 Å². The fourth-order valence-corrected chi connectivity index (χ4v) is 9.77. The van der Waals surface area contributed by atoms with Gasteiger partial charge in [-0.05, 0) is 108 Å². The van der Waals surface area contributed by atoms with E-state index in [1.807, 2.05) is 12.3 Å². The van der Waals surface area contributed by atoms with Crippen molar-refractivity contribution in [2.75, 3.05) is 13.1 Å². The van der Waals surface area contributed by atoms with Gasteiger partial charge in [0.25, 0.3) is 0 Å². The van der Waals surface area contributed by atoms with Crippen LogP contribution in [0.5, 0.6) is 0 Å². The molecule has 3 aliphatic heterocycles. The molecule has 57 heavy (non-hydrogen) atoms. The Morgan fingerprint density at radius 3 is 1.67 bits per heavy atom. The van der Waals surface area contributed by atoms with Gasteiger partial charge in [-0.1, -0.05) is 144 Å². The summed E-state index contributed by atoms with van der Waals surface area (Å²) in [6.45, 7) is 35.2. The van der Waals surface area contributed by atoms with Crippen LogP contribution in [0, 0.1) is 11.8 Å². The Kier molecular flexibility index (Phi) is 10.6. The predicted molar refractivity (Wildman–Crippen MR) is 243 cm³/mol. The zero-order valence-corrected chi connectivity index (χ0v) is 37.1. The second-order valence-electron chi connectivity index (χ2n) is 21.9. The van der Waals surface area contributed by atoms with Gasteiger partial charge in [-0.2, -0.15) is 0 Å². The molecule has 4 heterocycles. The first-order chi connectivity index (χ1) is 26.6. The topological polar surface area (TPSA) is 33.1 Å². The number of para-hydroxylation sites is 1. The molecule has 5 aromatic rings. The minimum absolute atomic E-state index is 0.00980. The highest BCUT2D eigenvalue weighted by molar-refractivity contribution is 5.82. The lowest BCUT2D eigenvalue weighted by atomic mass is 9.71. The smallest absolute Gasteiger partial charge is 0.131 e. The number of pyridine rings is 1. The van der Waals surface area contributed by atoms with E-state index >= 15 is 0 Å². The molecule has 0 aliphatic carbocycles. The number of piperidine rings is 3. The normalized spacial score (nSPS) is 22.2. The summed E-state index contributed by atoms with van der Waals surface area (Å²) in [5, 5.41) is 13.6. The summed E-state index contributed by atoms with van der Waals surface area (Å²) in [5.74, 6) is 0.985. The average Bonchev–Trinajstić information content (AvgIpc) is 3.15. The highest BCUT2D eigenvalue weighted by atomic mass is 16.3. The number of nitrogens with zero attached hydrogens (tertiary/aromatic N) is 2. The number of hydrogen-bond donors (Lipinski definition) is 1. The molecule has 1 unspecified atom stereocenters. The van der Waals surface area contributed by atoms with Gasteiger partial charge in [-0.15, -0.1) is 6.58 Å². The van der Waals surface area contributed by atoms with Crippen LogP contribution in [0.25, 0.3) is 33.2 Å². The number of fused-ring (bicyclic) bond motifs is 4. The van der Waals surface area contributed by atoms with Crippen LogP contribution in [0.15, 0.2) is 104 Å². The van der Waals surface area contributed by atoms with Gasteiger partial charge in [-0.3, -0.25) is 4.98 Å². The second-order valence-corrected chi connectivity index (χ2v) is 21.9. The van der Waals surface area contributed by atoms with E-state index in [1.54, 1.807) is 0 Å².